The van der Waals surface area contributed by atoms with Gasteiger partial charge in [0.2, 0.25) is 0 Å². The normalized spacial score (nSPS) is 29.5. The van der Waals surface area contributed by atoms with Crippen LogP contribution in [-0.4, -0.2) is 208 Å². The first-order valence-corrected chi connectivity index (χ1v) is 29.7. The van der Waals surface area contributed by atoms with Crippen molar-refractivity contribution in [3.63, 3.8) is 0 Å². The summed E-state index contributed by atoms with van der Waals surface area (Å²) in [7, 11) is 1.35. The second kappa shape index (κ2) is 20.6. The molecule has 1 fully saturated rings. The fraction of sp³-hybridized carbons (Fsp3) is 1.00. The molecular weight excluding hydrogens is 833 g/mol. The van der Waals surface area contributed by atoms with Gasteiger partial charge in [-0.1, -0.05) is 0 Å². The zero-order chi connectivity index (χ0) is 40.5. The lowest BCUT2D eigenvalue weighted by molar-refractivity contribution is -0.375. The predicted molar refractivity (Wildman–Crippen MR) is 205 cm³/mol. The van der Waals surface area contributed by atoms with Crippen molar-refractivity contribution in [3.8, 4) is 0 Å². The molecule has 1 saturated heterocycles. The van der Waals surface area contributed by atoms with E-state index < -0.39 is 82.0 Å². The molecule has 0 aromatic carbocycles. The Morgan fingerprint density at radius 3 is 0.558 bits per heavy atom. The van der Waals surface area contributed by atoms with Gasteiger partial charge in [0, 0.05) is 152 Å². The van der Waals surface area contributed by atoms with E-state index in [-0.39, 0.29) is 0 Å². The van der Waals surface area contributed by atoms with Crippen molar-refractivity contribution < 1.29 is 91.0 Å². The highest BCUT2D eigenvalue weighted by molar-refractivity contribution is 6.88. The molecule has 312 valence electrons. The maximum absolute atomic E-state index is 6.91. The molecule has 0 aromatic rings. The Hall–Kier alpha value is 0.935. The van der Waals surface area contributed by atoms with Gasteiger partial charge in [-0.3, -0.25) is 0 Å². The zero-order valence-electron chi connectivity index (χ0n) is 34.5. The van der Waals surface area contributed by atoms with Crippen LogP contribution >= 0.6 is 0 Å². The minimum absolute atomic E-state index is 0.386. The van der Waals surface area contributed by atoms with Crippen LogP contribution < -0.4 is 0 Å². The Labute approximate surface area is 324 Å². The average molecular weight is 897 g/mol. The fourth-order valence-electron chi connectivity index (χ4n) is 5.53. The van der Waals surface area contributed by atoms with Gasteiger partial charge in [0.1, 0.15) is 22.9 Å². The molecule has 4 unspecified atom stereocenters. The van der Waals surface area contributed by atoms with E-state index in [4.69, 9.17) is 91.0 Å². The van der Waals surface area contributed by atoms with E-state index in [9.17, 15) is 0 Å². The largest absolute Gasteiger partial charge is 0.486 e. The van der Waals surface area contributed by atoms with E-state index in [2.05, 4.69) is 0 Å². The van der Waals surface area contributed by atoms with Crippen molar-refractivity contribution in [2.75, 3.05) is 85.3 Å². The van der Waals surface area contributed by atoms with Crippen LogP contribution in [0.3, 0.4) is 0 Å². The number of methoxy groups -OCH3 is 12. The predicted octanol–water partition coefficient (Wildman–Crippen LogP) is -4.45. The zero-order valence-corrected chi connectivity index (χ0v) is 46.5. The topological polar surface area (TPSA) is 185 Å². The number of ether oxygens (including phenoxy) is 12. The second-order valence-electron chi connectivity index (χ2n) is 11.8. The molecule has 0 N–H and O–H groups in total. The minimum atomic E-state index is -4.33. The van der Waals surface area contributed by atoms with Crippen LogP contribution in [0.15, 0.2) is 0 Å². The first-order valence-electron chi connectivity index (χ1n) is 16.2. The summed E-state index contributed by atoms with van der Waals surface area (Å²) in [6, 6.07) is 0. The number of hydrogen-bond donors (Lipinski definition) is 0. The summed E-state index contributed by atoms with van der Waals surface area (Å²) < 4.78 is 123. The van der Waals surface area contributed by atoms with Crippen LogP contribution in [0.2, 0.25) is 26.2 Å². The van der Waals surface area contributed by atoms with E-state index in [0.717, 1.165) is 0 Å². The molecule has 0 radical (unpaired) electrons. The van der Waals surface area contributed by atoms with E-state index in [1.165, 1.54) is 85.3 Å². The Morgan fingerprint density at radius 2 is 0.462 bits per heavy atom. The first-order chi connectivity index (χ1) is 24.1. The highest BCUT2D eigenvalue weighted by atomic mass is 28.6. The molecule has 0 bridgehead atoms. The summed E-state index contributed by atoms with van der Waals surface area (Å²) in [4.78, 5) is 0. The molecule has 0 spiro atoms. The molecule has 1 aliphatic rings. The molecule has 4 atom stereocenters. The van der Waals surface area contributed by atoms with Crippen molar-refractivity contribution >= 4 is 76.2 Å². The SMILES string of the molecule is COC([SiH3])C(OC)(OC)O[Si]1(C)O[Si](C)(OC(OC)(OC)C([SiH3])OC)O[Si](C)(OC(OC)(OC)C([SiH3])OC)O[Si](C)(OC(OC)(OC)C([SiH3])OC)O1. The third kappa shape index (κ3) is 11.5. The van der Waals surface area contributed by atoms with Crippen LogP contribution in [0.5, 0.6) is 0 Å². The van der Waals surface area contributed by atoms with Gasteiger partial charge in [0.05, 0.1) is 0 Å². The van der Waals surface area contributed by atoms with Gasteiger partial charge in [0.15, 0.2) is 0 Å². The third-order valence-electron chi connectivity index (χ3n) is 8.48. The number of hydrogen-bond acceptors (Lipinski definition) is 20. The molecule has 1 rings (SSSR count). The quantitative estimate of drug-likeness (QED) is 0.0667. The van der Waals surface area contributed by atoms with Gasteiger partial charge in [-0.15, -0.1) is 0 Å². The lowest BCUT2D eigenvalue weighted by Crippen LogP contribution is -2.76. The molecule has 20 nitrogen and oxygen atoms in total. The minimum Gasteiger partial charge on any atom is -0.378 e. The Bertz CT molecular complexity index is 887. The first kappa shape index (κ1) is 51.0. The molecular formula is C24H64O20Si8. The third-order valence-corrected chi connectivity index (χ3v) is 27.7. The molecule has 1 aliphatic heterocycles. The molecule has 52 heavy (non-hydrogen) atoms. The van der Waals surface area contributed by atoms with Gasteiger partial charge >= 0.3 is 35.2 Å². The summed E-state index contributed by atoms with van der Waals surface area (Å²) in [5.74, 6) is -7.33. The highest BCUT2D eigenvalue weighted by Crippen LogP contribution is 2.41. The average Bonchev–Trinajstić information content (AvgIpc) is 3.11. The lowest BCUT2D eigenvalue weighted by atomic mass is 10.6. The van der Waals surface area contributed by atoms with Crippen LogP contribution in [0.1, 0.15) is 0 Å². The standard InChI is InChI=1S/C24H64O20Si8/c1-25-17(45)21(29-5,30-6)37-49(13)41-50(14,38-22(31-7,32-8)18(46)26-2)43-52(16,40-24(35-11,36-12)20(48)28-4)44-51(15,42-49)39-23(33-9,34-10)19(47)27-3/h17-20H,1-16,45-48H3. The van der Waals surface area contributed by atoms with Crippen LogP contribution in [-0.2, 0) is 91.0 Å². The molecule has 28 heteroatoms. The van der Waals surface area contributed by atoms with E-state index >= 15 is 0 Å². The highest BCUT2D eigenvalue weighted by Gasteiger charge is 2.69. The van der Waals surface area contributed by atoms with E-state index in [1.54, 1.807) is 26.2 Å². The van der Waals surface area contributed by atoms with Gasteiger partial charge in [-0.2, -0.15) is 0 Å². The molecule has 0 amide bonds. The monoisotopic (exact) mass is 896 g/mol. The van der Waals surface area contributed by atoms with Gasteiger partial charge < -0.3 is 91.0 Å². The summed E-state index contributed by atoms with van der Waals surface area (Å²) in [6.07, 6.45) is 0. The van der Waals surface area contributed by atoms with Crippen molar-refractivity contribution in [1.82, 2.24) is 0 Å². The maximum atomic E-state index is 6.91. The van der Waals surface area contributed by atoms with Crippen molar-refractivity contribution in [1.29, 1.82) is 0 Å². The van der Waals surface area contributed by atoms with Crippen LogP contribution in [0.25, 0.3) is 0 Å². The van der Waals surface area contributed by atoms with Crippen molar-refractivity contribution in [2.45, 2.75) is 73.0 Å². The molecule has 0 aliphatic carbocycles. The van der Waals surface area contributed by atoms with Crippen molar-refractivity contribution in [3.05, 3.63) is 0 Å². The van der Waals surface area contributed by atoms with Gasteiger partial charge in [-0.25, -0.2) is 0 Å². The smallest absolute Gasteiger partial charge is 0.378 e. The summed E-state index contributed by atoms with van der Waals surface area (Å²) >= 11 is 0. The second-order valence-corrected chi connectivity index (χ2v) is 27.0. The molecule has 0 saturated carbocycles. The van der Waals surface area contributed by atoms with Crippen LogP contribution in [0.4, 0.5) is 0 Å². The summed E-state index contributed by atoms with van der Waals surface area (Å²) in [5, 5.41) is 0. The summed E-state index contributed by atoms with van der Waals surface area (Å²) in [5.41, 5.74) is -2.80. The Morgan fingerprint density at radius 1 is 0.327 bits per heavy atom. The molecule has 0 aromatic heterocycles. The van der Waals surface area contributed by atoms with E-state index in [0.29, 0.717) is 41.0 Å². The van der Waals surface area contributed by atoms with E-state index in [1.807, 2.05) is 0 Å². The van der Waals surface area contributed by atoms with Gasteiger partial charge in [-0.05, 0) is 0 Å². The molecule has 1 heterocycles. The van der Waals surface area contributed by atoms with Crippen LogP contribution in [0, 0.1) is 0 Å². The maximum Gasteiger partial charge on any atom is 0.486 e. The van der Waals surface area contributed by atoms with Gasteiger partial charge in [0.25, 0.3) is 23.9 Å². The summed E-state index contributed by atoms with van der Waals surface area (Å²) in [6.45, 7) is 6.29. The Kier molecular flexibility index (Phi) is 20.2. The van der Waals surface area contributed by atoms with Crippen molar-refractivity contribution in [2.24, 2.45) is 0 Å². The number of rotatable bonds is 24. The Balaban J connectivity index is 4.33. The lowest BCUT2D eigenvalue weighted by Gasteiger charge is -2.52. The fourth-order valence-corrected chi connectivity index (χ4v) is 26.5.